The number of ether oxygens (including phenoxy) is 1. The Morgan fingerprint density at radius 1 is 1.56 bits per heavy atom. The Hall–Kier alpha value is -1.38. The second-order valence-electron chi connectivity index (χ2n) is 2.94. The molecule has 2 aromatic rings. The van der Waals surface area contributed by atoms with E-state index in [0.29, 0.717) is 12.3 Å². The van der Waals surface area contributed by atoms with Crippen molar-refractivity contribution in [3.63, 3.8) is 0 Å². The number of nitrogens with zero attached hydrogens (tertiary/aromatic N) is 3. The van der Waals surface area contributed by atoms with Gasteiger partial charge in [-0.3, -0.25) is 0 Å². The van der Waals surface area contributed by atoms with Gasteiger partial charge in [0.2, 0.25) is 0 Å². The quantitative estimate of drug-likeness (QED) is 0.850. The number of aromatic amines is 1. The lowest BCUT2D eigenvalue weighted by Crippen LogP contribution is -2.17. The number of nitrogens with one attached hydrogen (secondary N) is 1. The molecule has 0 radical (unpaired) electrons. The molecule has 0 aliphatic carbocycles. The maximum atomic E-state index is 11.4. The van der Waals surface area contributed by atoms with Crippen molar-refractivity contribution >= 4 is 22.6 Å². The molecule has 0 bridgehead atoms. The van der Waals surface area contributed by atoms with Crippen molar-refractivity contribution in [1.82, 2.24) is 20.2 Å². The Kier molecular flexibility index (Phi) is 3.22. The lowest BCUT2D eigenvalue weighted by Gasteiger charge is -2.08. The van der Waals surface area contributed by atoms with E-state index in [9.17, 15) is 4.79 Å². The Morgan fingerprint density at radius 2 is 2.38 bits per heavy atom. The maximum absolute atomic E-state index is 11.4. The van der Waals surface area contributed by atoms with Crippen LogP contribution >= 0.6 is 22.6 Å². The van der Waals surface area contributed by atoms with E-state index >= 15 is 0 Å². The smallest absolute Gasteiger partial charge is 0.365 e. The lowest BCUT2D eigenvalue weighted by atomic mass is 10.3. The minimum atomic E-state index is -0.369. The molecule has 16 heavy (non-hydrogen) atoms. The fourth-order valence-corrected chi connectivity index (χ4v) is 2.03. The van der Waals surface area contributed by atoms with Crippen LogP contribution in [0.3, 0.4) is 0 Å². The van der Waals surface area contributed by atoms with Gasteiger partial charge in [-0.1, -0.05) is 6.07 Å². The second-order valence-corrected chi connectivity index (χ2v) is 4.02. The minimum absolute atomic E-state index is 0.369. The molecule has 1 aromatic heterocycles. The molecule has 6 nitrogen and oxygen atoms in total. The summed E-state index contributed by atoms with van der Waals surface area (Å²) in [5.74, 6) is 0.732. The van der Waals surface area contributed by atoms with E-state index in [1.165, 1.54) is 4.68 Å². The van der Waals surface area contributed by atoms with E-state index < -0.39 is 0 Å². The van der Waals surface area contributed by atoms with E-state index in [1.54, 1.807) is 6.07 Å². The zero-order chi connectivity index (χ0) is 11.5. The van der Waals surface area contributed by atoms with E-state index in [1.807, 2.05) is 19.1 Å². The molecule has 0 spiro atoms. The van der Waals surface area contributed by atoms with Gasteiger partial charge in [0.1, 0.15) is 5.75 Å². The summed E-state index contributed by atoms with van der Waals surface area (Å²) in [6, 6.07) is 5.44. The molecule has 0 atom stereocenters. The van der Waals surface area contributed by atoms with Gasteiger partial charge in [-0.25, -0.2) is 9.89 Å². The Bertz CT molecular complexity index is 548. The van der Waals surface area contributed by atoms with Crippen LogP contribution in [0, 0.1) is 3.57 Å². The first-order chi connectivity index (χ1) is 7.74. The van der Waals surface area contributed by atoms with Crippen LogP contribution in [-0.2, 0) is 0 Å². The second kappa shape index (κ2) is 4.64. The number of hydrogen-bond donors (Lipinski definition) is 1. The molecule has 0 aliphatic heterocycles. The van der Waals surface area contributed by atoms with Crippen molar-refractivity contribution in [2.24, 2.45) is 0 Å². The average molecular weight is 332 g/mol. The van der Waals surface area contributed by atoms with Gasteiger partial charge in [-0.2, -0.15) is 4.68 Å². The summed E-state index contributed by atoms with van der Waals surface area (Å²) in [5, 5.41) is 9.38. The molecule has 0 saturated heterocycles. The van der Waals surface area contributed by atoms with Crippen LogP contribution < -0.4 is 10.4 Å². The monoisotopic (exact) mass is 332 g/mol. The Balaban J connectivity index is 2.54. The molecular weight excluding hydrogens is 323 g/mol. The molecule has 0 amide bonds. The molecule has 0 saturated carbocycles. The van der Waals surface area contributed by atoms with Gasteiger partial charge < -0.3 is 4.74 Å². The van der Waals surface area contributed by atoms with Gasteiger partial charge in [0.15, 0.2) is 0 Å². The van der Waals surface area contributed by atoms with Crippen LogP contribution in [0.15, 0.2) is 23.0 Å². The number of tetrazole rings is 1. The van der Waals surface area contributed by atoms with Crippen LogP contribution in [0.4, 0.5) is 0 Å². The highest BCUT2D eigenvalue weighted by Crippen LogP contribution is 2.25. The summed E-state index contributed by atoms with van der Waals surface area (Å²) in [5.41, 5.74) is 0.289. The third-order valence-corrected chi connectivity index (χ3v) is 3.03. The first-order valence-corrected chi connectivity index (χ1v) is 5.74. The largest absolute Gasteiger partial charge is 0.493 e. The van der Waals surface area contributed by atoms with E-state index in [0.717, 1.165) is 9.32 Å². The Labute approximate surface area is 105 Å². The highest BCUT2D eigenvalue weighted by atomic mass is 127. The highest BCUT2D eigenvalue weighted by molar-refractivity contribution is 14.1. The van der Waals surface area contributed by atoms with Crippen LogP contribution in [0.1, 0.15) is 6.92 Å². The van der Waals surface area contributed by atoms with Crippen LogP contribution in [0.2, 0.25) is 0 Å². The topological polar surface area (TPSA) is 72.8 Å². The SMILES string of the molecule is CCOc1cccc(-n2nn[nH]c2=O)c1I. The van der Waals surface area contributed by atoms with E-state index in [2.05, 4.69) is 38.1 Å². The maximum Gasteiger partial charge on any atom is 0.365 e. The number of halogens is 1. The fraction of sp³-hybridized carbons (Fsp3) is 0.222. The standard InChI is InChI=1S/C9H9IN4O2/c1-2-16-7-5-3-4-6(8(7)10)14-9(15)11-12-13-14/h3-5H,2H2,1H3,(H,11,13,15). The summed E-state index contributed by atoms with van der Waals surface area (Å²) in [4.78, 5) is 11.4. The summed E-state index contributed by atoms with van der Waals surface area (Å²) < 4.78 is 7.46. The van der Waals surface area contributed by atoms with E-state index in [-0.39, 0.29) is 5.69 Å². The number of H-pyrrole nitrogens is 1. The summed E-state index contributed by atoms with van der Waals surface area (Å²) >= 11 is 2.12. The van der Waals surface area contributed by atoms with E-state index in [4.69, 9.17) is 4.74 Å². The third kappa shape index (κ3) is 1.94. The normalized spacial score (nSPS) is 10.4. The summed E-state index contributed by atoms with van der Waals surface area (Å²) in [6.45, 7) is 2.48. The first-order valence-electron chi connectivity index (χ1n) is 4.66. The van der Waals surface area contributed by atoms with Crippen molar-refractivity contribution < 1.29 is 4.74 Å². The predicted molar refractivity (Wildman–Crippen MR) is 65.9 cm³/mol. The fourth-order valence-electron chi connectivity index (χ4n) is 1.29. The van der Waals surface area contributed by atoms with Crippen molar-refractivity contribution in [3.8, 4) is 11.4 Å². The Morgan fingerprint density at radius 3 is 3.00 bits per heavy atom. The molecule has 0 unspecified atom stereocenters. The third-order valence-electron chi connectivity index (χ3n) is 1.94. The van der Waals surface area contributed by atoms with Crippen molar-refractivity contribution in [2.45, 2.75) is 6.92 Å². The first kappa shape index (κ1) is 11.1. The summed E-state index contributed by atoms with van der Waals surface area (Å²) in [6.07, 6.45) is 0. The number of rotatable bonds is 3. The van der Waals surface area contributed by atoms with Crippen molar-refractivity contribution in [2.75, 3.05) is 6.61 Å². The van der Waals surface area contributed by atoms with Gasteiger partial charge in [0, 0.05) is 0 Å². The van der Waals surface area contributed by atoms with Gasteiger partial charge in [0.05, 0.1) is 15.9 Å². The molecule has 1 aromatic carbocycles. The van der Waals surface area contributed by atoms with Gasteiger partial charge in [0.25, 0.3) is 0 Å². The number of aromatic nitrogens is 4. The molecule has 7 heteroatoms. The van der Waals surface area contributed by atoms with Crippen LogP contribution in [0.5, 0.6) is 5.75 Å². The van der Waals surface area contributed by atoms with Gasteiger partial charge in [-0.15, -0.1) is 0 Å². The number of benzene rings is 1. The zero-order valence-corrected chi connectivity index (χ0v) is 10.6. The molecule has 1 N–H and O–H groups in total. The van der Waals surface area contributed by atoms with Gasteiger partial charge in [-0.05, 0) is 52.1 Å². The predicted octanol–water partition coefficient (Wildman–Crippen LogP) is 0.959. The summed E-state index contributed by atoms with van der Waals surface area (Å²) in [7, 11) is 0. The lowest BCUT2D eigenvalue weighted by molar-refractivity contribution is 0.337. The van der Waals surface area contributed by atoms with Gasteiger partial charge >= 0.3 is 5.69 Å². The molecule has 1 heterocycles. The molecule has 0 aliphatic rings. The molecular formula is C9H9IN4O2. The zero-order valence-electron chi connectivity index (χ0n) is 8.48. The minimum Gasteiger partial charge on any atom is -0.493 e. The number of hydrogen-bond acceptors (Lipinski definition) is 4. The molecule has 0 fully saturated rings. The van der Waals surface area contributed by atoms with Crippen LogP contribution in [0.25, 0.3) is 5.69 Å². The molecule has 84 valence electrons. The highest BCUT2D eigenvalue weighted by Gasteiger charge is 2.11. The van der Waals surface area contributed by atoms with Crippen molar-refractivity contribution in [1.29, 1.82) is 0 Å². The molecule has 2 rings (SSSR count). The average Bonchev–Trinajstić information content (AvgIpc) is 2.68. The van der Waals surface area contributed by atoms with Crippen LogP contribution in [-0.4, -0.2) is 26.8 Å². The van der Waals surface area contributed by atoms with Crippen molar-refractivity contribution in [3.05, 3.63) is 32.3 Å².